The average molecular weight is 374 g/mol. The largest absolute Gasteiger partial charge is 0.347 e. The Bertz CT molecular complexity index is 814. The number of nitrogens with one attached hydrogen (secondary N) is 2. The molecule has 1 aromatic heterocycles. The molecule has 0 atom stereocenters. The summed E-state index contributed by atoms with van der Waals surface area (Å²) in [5, 5.41) is 10.2. The van der Waals surface area contributed by atoms with E-state index in [0.29, 0.717) is 24.1 Å². The number of rotatable bonds is 6. The van der Waals surface area contributed by atoms with Crippen molar-refractivity contribution < 1.29 is 9.18 Å². The maximum atomic E-state index is 13.2. The Morgan fingerprint density at radius 3 is 2.78 bits per heavy atom. The maximum Gasteiger partial charge on any atom is 0.243 e. The van der Waals surface area contributed by atoms with Gasteiger partial charge in [0.2, 0.25) is 5.91 Å². The SMILES string of the molecule is CN=C(NCC(=O)Nc1cccc(F)c1)N(C)Cc1cn(C)nc1C(C)C. The monoisotopic (exact) mass is 374 g/mol. The number of nitrogens with zero attached hydrogens (tertiary/aromatic N) is 4. The predicted molar refractivity (Wildman–Crippen MR) is 105 cm³/mol. The lowest BCUT2D eigenvalue weighted by Crippen LogP contribution is -2.42. The van der Waals surface area contributed by atoms with Crippen LogP contribution in [0.3, 0.4) is 0 Å². The second-order valence-corrected chi connectivity index (χ2v) is 6.68. The molecule has 0 radical (unpaired) electrons. The number of guanidine groups is 1. The van der Waals surface area contributed by atoms with Crippen LogP contribution in [0.4, 0.5) is 10.1 Å². The predicted octanol–water partition coefficient (Wildman–Crippen LogP) is 2.33. The van der Waals surface area contributed by atoms with Crippen molar-refractivity contribution >= 4 is 17.6 Å². The highest BCUT2D eigenvalue weighted by atomic mass is 19.1. The number of hydrogen-bond donors (Lipinski definition) is 2. The van der Waals surface area contributed by atoms with E-state index in [2.05, 4.69) is 34.6 Å². The van der Waals surface area contributed by atoms with Crippen LogP contribution in [-0.2, 0) is 18.4 Å². The van der Waals surface area contributed by atoms with Gasteiger partial charge in [0.15, 0.2) is 5.96 Å². The zero-order chi connectivity index (χ0) is 20.0. The van der Waals surface area contributed by atoms with E-state index in [9.17, 15) is 9.18 Å². The second kappa shape index (κ2) is 9.16. The van der Waals surface area contributed by atoms with Gasteiger partial charge in [0.25, 0.3) is 0 Å². The number of carbonyl (C=O) groups excluding carboxylic acids is 1. The Labute approximate surface area is 159 Å². The minimum Gasteiger partial charge on any atom is -0.347 e. The number of hydrogen-bond acceptors (Lipinski definition) is 3. The standard InChI is InChI=1S/C19H27FN6O/c1-13(2)18-14(12-26(5)24-18)11-25(4)19(21-3)22-10-17(27)23-16-8-6-7-15(20)9-16/h6-9,12-13H,10-11H2,1-5H3,(H,21,22)(H,23,27). The number of halogens is 1. The van der Waals surface area contributed by atoms with Crippen molar-refractivity contribution in [2.45, 2.75) is 26.3 Å². The van der Waals surface area contributed by atoms with Crippen LogP contribution in [0.5, 0.6) is 0 Å². The molecule has 27 heavy (non-hydrogen) atoms. The Balaban J connectivity index is 1.93. The van der Waals surface area contributed by atoms with Crippen molar-refractivity contribution in [1.29, 1.82) is 0 Å². The highest BCUT2D eigenvalue weighted by Crippen LogP contribution is 2.18. The normalized spacial score (nSPS) is 11.6. The fourth-order valence-electron chi connectivity index (χ4n) is 2.81. The molecule has 146 valence electrons. The van der Waals surface area contributed by atoms with Crippen molar-refractivity contribution in [2.24, 2.45) is 12.0 Å². The summed E-state index contributed by atoms with van der Waals surface area (Å²) in [6, 6.07) is 5.78. The van der Waals surface area contributed by atoms with E-state index < -0.39 is 5.82 Å². The number of carbonyl (C=O) groups is 1. The molecule has 7 nitrogen and oxygen atoms in total. The first-order valence-electron chi connectivity index (χ1n) is 8.79. The number of amides is 1. The number of aryl methyl sites for hydroxylation is 1. The van der Waals surface area contributed by atoms with E-state index in [0.717, 1.165) is 11.3 Å². The van der Waals surface area contributed by atoms with Crippen molar-refractivity contribution in [3.63, 3.8) is 0 Å². The third-order valence-corrected chi connectivity index (χ3v) is 3.98. The first kappa shape index (κ1) is 20.4. The van der Waals surface area contributed by atoms with E-state index >= 15 is 0 Å². The molecule has 2 N–H and O–H groups in total. The summed E-state index contributed by atoms with van der Waals surface area (Å²) in [4.78, 5) is 18.2. The molecule has 0 saturated carbocycles. The summed E-state index contributed by atoms with van der Waals surface area (Å²) in [5.41, 5.74) is 2.58. The maximum absolute atomic E-state index is 13.2. The molecule has 0 unspecified atom stereocenters. The number of aromatic nitrogens is 2. The molecule has 1 aromatic carbocycles. The quantitative estimate of drug-likeness (QED) is 0.601. The van der Waals surface area contributed by atoms with Crippen LogP contribution in [-0.4, -0.2) is 47.2 Å². The summed E-state index contributed by atoms with van der Waals surface area (Å²) in [5.74, 6) is 0.234. The van der Waals surface area contributed by atoms with E-state index in [1.54, 1.807) is 23.9 Å². The molecule has 0 aliphatic rings. The van der Waals surface area contributed by atoms with Crippen molar-refractivity contribution in [3.05, 3.63) is 47.5 Å². The molecule has 1 amide bonds. The van der Waals surface area contributed by atoms with Crippen molar-refractivity contribution in [1.82, 2.24) is 20.0 Å². The van der Waals surface area contributed by atoms with Gasteiger partial charge in [0, 0.05) is 45.1 Å². The van der Waals surface area contributed by atoms with Gasteiger partial charge in [-0.1, -0.05) is 19.9 Å². The van der Waals surface area contributed by atoms with Crippen LogP contribution in [0, 0.1) is 5.82 Å². The third kappa shape index (κ3) is 5.80. The van der Waals surface area contributed by atoms with Crippen LogP contribution in [0.15, 0.2) is 35.5 Å². The molecule has 0 aliphatic heterocycles. The molecule has 0 fully saturated rings. The first-order chi connectivity index (χ1) is 12.8. The van der Waals surface area contributed by atoms with E-state index in [1.165, 1.54) is 12.1 Å². The highest BCUT2D eigenvalue weighted by molar-refractivity contribution is 5.94. The molecule has 0 saturated heterocycles. The van der Waals surface area contributed by atoms with Crippen LogP contribution in [0.1, 0.15) is 31.0 Å². The molecule has 0 spiro atoms. The second-order valence-electron chi connectivity index (χ2n) is 6.68. The molecular formula is C19H27FN6O. The van der Waals surface area contributed by atoms with Crippen molar-refractivity contribution in [2.75, 3.05) is 26.0 Å². The van der Waals surface area contributed by atoms with Gasteiger partial charge in [-0.2, -0.15) is 5.10 Å². The van der Waals surface area contributed by atoms with Crippen LogP contribution >= 0.6 is 0 Å². The van der Waals surface area contributed by atoms with Gasteiger partial charge in [0.1, 0.15) is 5.82 Å². The first-order valence-corrected chi connectivity index (χ1v) is 8.79. The molecule has 8 heteroatoms. The molecular weight excluding hydrogens is 347 g/mol. The van der Waals surface area contributed by atoms with Gasteiger partial charge in [-0.05, 0) is 24.1 Å². The summed E-state index contributed by atoms with van der Waals surface area (Å²) < 4.78 is 15.0. The molecule has 0 bridgehead atoms. The Morgan fingerprint density at radius 1 is 1.41 bits per heavy atom. The Morgan fingerprint density at radius 2 is 2.15 bits per heavy atom. The van der Waals surface area contributed by atoms with Gasteiger partial charge in [-0.3, -0.25) is 14.5 Å². The minimum atomic E-state index is -0.395. The number of anilines is 1. The lowest BCUT2D eigenvalue weighted by molar-refractivity contribution is -0.115. The zero-order valence-electron chi connectivity index (χ0n) is 16.5. The summed E-state index contributed by atoms with van der Waals surface area (Å²) >= 11 is 0. The van der Waals surface area contributed by atoms with Crippen LogP contribution in [0.25, 0.3) is 0 Å². The van der Waals surface area contributed by atoms with E-state index in [-0.39, 0.29) is 12.5 Å². The van der Waals surface area contributed by atoms with Gasteiger partial charge in [-0.25, -0.2) is 4.39 Å². The highest BCUT2D eigenvalue weighted by Gasteiger charge is 2.15. The van der Waals surface area contributed by atoms with Gasteiger partial charge < -0.3 is 15.5 Å². The lowest BCUT2D eigenvalue weighted by Gasteiger charge is -2.22. The smallest absolute Gasteiger partial charge is 0.243 e. The van der Waals surface area contributed by atoms with Crippen LogP contribution < -0.4 is 10.6 Å². The van der Waals surface area contributed by atoms with Gasteiger partial charge in [-0.15, -0.1) is 0 Å². The zero-order valence-corrected chi connectivity index (χ0v) is 16.5. The van der Waals surface area contributed by atoms with Gasteiger partial charge >= 0.3 is 0 Å². The molecule has 2 rings (SSSR count). The molecule has 0 aliphatic carbocycles. The summed E-state index contributed by atoms with van der Waals surface area (Å²) in [6.45, 7) is 4.86. The van der Waals surface area contributed by atoms with Crippen LogP contribution in [0.2, 0.25) is 0 Å². The van der Waals surface area contributed by atoms with E-state index in [1.807, 2.05) is 25.2 Å². The number of aliphatic imine (C=N–C) groups is 1. The Hall–Kier alpha value is -2.90. The summed E-state index contributed by atoms with van der Waals surface area (Å²) in [7, 11) is 5.46. The summed E-state index contributed by atoms with van der Waals surface area (Å²) in [6.07, 6.45) is 2.00. The topological polar surface area (TPSA) is 74.6 Å². The van der Waals surface area contributed by atoms with Crippen molar-refractivity contribution in [3.8, 4) is 0 Å². The Kier molecular flexibility index (Phi) is 6.92. The third-order valence-electron chi connectivity index (χ3n) is 3.98. The molecule has 2 aromatic rings. The minimum absolute atomic E-state index is 0.0254. The van der Waals surface area contributed by atoms with E-state index in [4.69, 9.17) is 0 Å². The number of benzene rings is 1. The fraction of sp³-hybridized carbons (Fsp3) is 0.421. The van der Waals surface area contributed by atoms with Gasteiger partial charge in [0.05, 0.1) is 12.2 Å². The lowest BCUT2D eigenvalue weighted by atomic mass is 10.1. The average Bonchev–Trinajstić information content (AvgIpc) is 2.96. The molecule has 1 heterocycles. The fourth-order valence-corrected chi connectivity index (χ4v) is 2.81.